The third kappa shape index (κ3) is 4.76. The first-order valence-corrected chi connectivity index (χ1v) is 9.07. The second-order valence-corrected chi connectivity index (χ2v) is 6.90. The molecule has 1 aromatic heterocycles. The van der Waals surface area contributed by atoms with E-state index in [1.165, 1.54) is 16.8 Å². The van der Waals surface area contributed by atoms with Gasteiger partial charge in [-0.25, -0.2) is 4.68 Å². The first kappa shape index (κ1) is 19.1. The molecule has 0 bridgehead atoms. The number of benzene rings is 2. The first-order valence-electron chi connectivity index (χ1n) is 8.32. The molecule has 5 nitrogen and oxygen atoms in total. The summed E-state index contributed by atoms with van der Waals surface area (Å²) in [4.78, 5) is 24.6. The third-order valence-corrected chi connectivity index (χ3v) is 4.61. The molecule has 1 heterocycles. The van der Waals surface area contributed by atoms with Gasteiger partial charge in [-0.1, -0.05) is 59.6 Å². The van der Waals surface area contributed by atoms with Gasteiger partial charge in [0.1, 0.15) is 5.69 Å². The molecule has 1 atom stereocenters. The standard InChI is InChI=1S/C20H17Cl2N3O2/c1-13(16-8-7-15(21)11-17(16)22)23-20(27)18-9-10-19(26)25(24-18)12-14-5-3-2-4-6-14/h2-11,13H,12H2,1H3,(H,23,27)/t13-/m0/s1. The normalized spacial score (nSPS) is 11.8. The van der Waals surface area contributed by atoms with E-state index in [0.717, 1.165) is 11.1 Å². The number of amides is 1. The number of nitrogens with one attached hydrogen (secondary N) is 1. The molecule has 3 rings (SSSR count). The van der Waals surface area contributed by atoms with Crippen molar-refractivity contribution in [1.82, 2.24) is 15.1 Å². The fraction of sp³-hybridized carbons (Fsp3) is 0.150. The van der Waals surface area contributed by atoms with Crippen LogP contribution in [0.5, 0.6) is 0 Å². The van der Waals surface area contributed by atoms with Crippen molar-refractivity contribution in [2.45, 2.75) is 19.5 Å². The lowest BCUT2D eigenvalue weighted by molar-refractivity contribution is 0.0932. The van der Waals surface area contributed by atoms with Crippen molar-refractivity contribution in [3.8, 4) is 0 Å². The Morgan fingerprint density at radius 3 is 2.56 bits per heavy atom. The third-order valence-electron chi connectivity index (χ3n) is 4.05. The second kappa shape index (κ2) is 8.37. The predicted octanol–water partition coefficient (Wildman–Crippen LogP) is 4.09. The quantitative estimate of drug-likeness (QED) is 0.699. The number of carbonyl (C=O) groups excluding carboxylic acids is 1. The van der Waals surface area contributed by atoms with E-state index in [4.69, 9.17) is 23.2 Å². The van der Waals surface area contributed by atoms with Gasteiger partial charge >= 0.3 is 0 Å². The highest BCUT2D eigenvalue weighted by Gasteiger charge is 2.16. The van der Waals surface area contributed by atoms with Gasteiger partial charge in [-0.15, -0.1) is 0 Å². The van der Waals surface area contributed by atoms with Crippen LogP contribution in [0.25, 0.3) is 0 Å². The number of carbonyl (C=O) groups is 1. The van der Waals surface area contributed by atoms with Crippen LogP contribution in [0, 0.1) is 0 Å². The van der Waals surface area contributed by atoms with Gasteiger partial charge in [-0.05, 0) is 36.2 Å². The summed E-state index contributed by atoms with van der Waals surface area (Å²) < 4.78 is 1.27. The number of hydrogen-bond acceptors (Lipinski definition) is 3. The van der Waals surface area contributed by atoms with Gasteiger partial charge in [0.2, 0.25) is 0 Å². The highest BCUT2D eigenvalue weighted by atomic mass is 35.5. The van der Waals surface area contributed by atoms with Crippen molar-refractivity contribution >= 4 is 29.1 Å². The smallest absolute Gasteiger partial charge is 0.272 e. The molecule has 0 unspecified atom stereocenters. The summed E-state index contributed by atoms with van der Waals surface area (Å²) >= 11 is 12.1. The van der Waals surface area contributed by atoms with Crippen molar-refractivity contribution in [3.05, 3.63) is 97.9 Å². The zero-order valence-corrected chi connectivity index (χ0v) is 16.0. The van der Waals surface area contributed by atoms with Crippen LogP contribution in [0.15, 0.2) is 65.5 Å². The molecule has 1 amide bonds. The van der Waals surface area contributed by atoms with E-state index in [1.807, 2.05) is 37.3 Å². The Morgan fingerprint density at radius 2 is 1.85 bits per heavy atom. The maximum Gasteiger partial charge on any atom is 0.272 e. The summed E-state index contributed by atoms with van der Waals surface area (Å²) in [5, 5.41) is 8.02. The number of aromatic nitrogens is 2. The molecule has 27 heavy (non-hydrogen) atoms. The maximum absolute atomic E-state index is 12.6. The van der Waals surface area contributed by atoms with Crippen LogP contribution in [-0.4, -0.2) is 15.7 Å². The fourth-order valence-corrected chi connectivity index (χ4v) is 3.21. The van der Waals surface area contributed by atoms with Crippen molar-refractivity contribution in [2.24, 2.45) is 0 Å². The summed E-state index contributed by atoms with van der Waals surface area (Å²) in [5.74, 6) is -0.393. The predicted molar refractivity (Wildman–Crippen MR) is 106 cm³/mol. The van der Waals surface area contributed by atoms with Crippen LogP contribution in [0.3, 0.4) is 0 Å². The Kier molecular flexibility index (Phi) is 5.94. The lowest BCUT2D eigenvalue weighted by atomic mass is 10.1. The van der Waals surface area contributed by atoms with Gasteiger partial charge in [0, 0.05) is 16.1 Å². The van der Waals surface area contributed by atoms with E-state index >= 15 is 0 Å². The molecule has 2 aromatic carbocycles. The Labute approximate surface area is 166 Å². The number of nitrogens with zero attached hydrogens (tertiary/aromatic N) is 2. The Morgan fingerprint density at radius 1 is 1.11 bits per heavy atom. The minimum atomic E-state index is -0.393. The average molecular weight is 402 g/mol. The van der Waals surface area contributed by atoms with Crippen LogP contribution < -0.4 is 10.9 Å². The molecule has 138 valence electrons. The summed E-state index contributed by atoms with van der Waals surface area (Å²) in [7, 11) is 0. The van der Waals surface area contributed by atoms with E-state index in [1.54, 1.807) is 18.2 Å². The number of rotatable bonds is 5. The Bertz CT molecular complexity index is 1020. The van der Waals surface area contributed by atoms with Crippen molar-refractivity contribution in [1.29, 1.82) is 0 Å². The van der Waals surface area contributed by atoms with Crippen LogP contribution in [0.2, 0.25) is 10.0 Å². The fourth-order valence-electron chi connectivity index (χ4n) is 2.64. The van der Waals surface area contributed by atoms with Gasteiger partial charge in [-0.2, -0.15) is 5.10 Å². The van der Waals surface area contributed by atoms with E-state index in [-0.39, 0.29) is 17.3 Å². The molecule has 0 saturated heterocycles. The van der Waals surface area contributed by atoms with E-state index in [2.05, 4.69) is 10.4 Å². The molecule has 0 fully saturated rings. The number of hydrogen-bond donors (Lipinski definition) is 1. The molecule has 1 N–H and O–H groups in total. The van der Waals surface area contributed by atoms with Crippen LogP contribution in [0.4, 0.5) is 0 Å². The highest BCUT2D eigenvalue weighted by molar-refractivity contribution is 6.35. The minimum Gasteiger partial charge on any atom is -0.344 e. The zero-order valence-electron chi connectivity index (χ0n) is 14.5. The van der Waals surface area contributed by atoms with Crippen molar-refractivity contribution < 1.29 is 4.79 Å². The van der Waals surface area contributed by atoms with Gasteiger partial charge in [0.05, 0.1) is 12.6 Å². The Balaban J connectivity index is 1.78. The van der Waals surface area contributed by atoms with Gasteiger partial charge in [-0.3, -0.25) is 9.59 Å². The molecule has 0 aliphatic rings. The minimum absolute atomic E-state index is 0.155. The molecule has 7 heteroatoms. The Hall–Kier alpha value is -2.63. The summed E-state index contributed by atoms with van der Waals surface area (Å²) in [6.07, 6.45) is 0. The molecule has 0 saturated carbocycles. The van der Waals surface area contributed by atoms with Crippen LogP contribution >= 0.6 is 23.2 Å². The molecular formula is C20H17Cl2N3O2. The number of halogens is 2. The molecule has 3 aromatic rings. The monoisotopic (exact) mass is 401 g/mol. The van der Waals surface area contributed by atoms with Crippen molar-refractivity contribution in [3.63, 3.8) is 0 Å². The summed E-state index contributed by atoms with van der Waals surface area (Å²) in [5.41, 5.74) is 1.55. The second-order valence-electron chi connectivity index (χ2n) is 6.06. The lowest BCUT2D eigenvalue weighted by Gasteiger charge is -2.16. The first-order chi connectivity index (χ1) is 12.9. The molecule has 0 aliphatic carbocycles. The van der Waals surface area contributed by atoms with Crippen molar-refractivity contribution in [2.75, 3.05) is 0 Å². The molecule has 0 radical (unpaired) electrons. The van der Waals surface area contributed by atoms with Crippen LogP contribution in [0.1, 0.15) is 34.6 Å². The lowest BCUT2D eigenvalue weighted by Crippen LogP contribution is -2.31. The van der Waals surface area contributed by atoms with Gasteiger partial charge < -0.3 is 5.32 Å². The molecular weight excluding hydrogens is 385 g/mol. The van der Waals surface area contributed by atoms with Crippen LogP contribution in [-0.2, 0) is 6.54 Å². The molecule has 0 spiro atoms. The van der Waals surface area contributed by atoms with Gasteiger partial charge in [0.25, 0.3) is 11.5 Å². The van der Waals surface area contributed by atoms with E-state index in [0.29, 0.717) is 16.6 Å². The maximum atomic E-state index is 12.6. The van der Waals surface area contributed by atoms with E-state index < -0.39 is 5.91 Å². The topological polar surface area (TPSA) is 64.0 Å². The zero-order chi connectivity index (χ0) is 19.4. The SMILES string of the molecule is C[C@H](NC(=O)c1ccc(=O)n(Cc2ccccc2)n1)c1ccc(Cl)cc1Cl. The van der Waals surface area contributed by atoms with E-state index in [9.17, 15) is 9.59 Å². The highest BCUT2D eigenvalue weighted by Crippen LogP contribution is 2.26. The summed E-state index contributed by atoms with van der Waals surface area (Å²) in [6, 6.07) is 17.0. The van der Waals surface area contributed by atoms with Gasteiger partial charge in [0.15, 0.2) is 0 Å². The molecule has 0 aliphatic heterocycles. The largest absolute Gasteiger partial charge is 0.344 e. The summed E-state index contributed by atoms with van der Waals surface area (Å²) in [6.45, 7) is 2.10. The average Bonchev–Trinajstić information content (AvgIpc) is 2.64.